The predicted molar refractivity (Wildman–Crippen MR) is 73.6 cm³/mol. The summed E-state index contributed by atoms with van der Waals surface area (Å²) in [7, 11) is -3.64. The van der Waals surface area contributed by atoms with Gasteiger partial charge in [-0.3, -0.25) is 4.79 Å². The lowest BCUT2D eigenvalue weighted by atomic mass is 10.2. The monoisotopic (exact) mass is 313 g/mol. The molecule has 1 aromatic carbocycles. The summed E-state index contributed by atoms with van der Waals surface area (Å²) < 4.78 is 28.3. The first-order valence-corrected chi connectivity index (χ1v) is 7.65. The second kappa shape index (κ2) is 5.03. The van der Waals surface area contributed by atoms with Crippen molar-refractivity contribution in [2.75, 3.05) is 13.2 Å². The van der Waals surface area contributed by atoms with Crippen molar-refractivity contribution in [1.82, 2.24) is 4.31 Å². The Labute approximate surface area is 122 Å². The number of rotatable bonds is 5. The molecule has 1 fully saturated rings. The normalized spacial score (nSPS) is 19.0. The third kappa shape index (κ3) is 2.35. The van der Waals surface area contributed by atoms with E-state index in [0.717, 1.165) is 4.31 Å². The van der Waals surface area contributed by atoms with Crippen molar-refractivity contribution in [3.63, 3.8) is 0 Å². The minimum absolute atomic E-state index is 0.0179. The van der Waals surface area contributed by atoms with Crippen molar-refractivity contribution in [2.24, 2.45) is 0 Å². The molecule has 114 valence electrons. The number of carbonyl (C=O) groups excluding carboxylic acids is 1. The molecule has 1 saturated heterocycles. The van der Waals surface area contributed by atoms with Crippen LogP contribution in [0.2, 0.25) is 0 Å². The molecule has 0 spiro atoms. The molecule has 1 aromatic rings. The Hall–Kier alpha value is -2.09. The first-order chi connectivity index (χ1) is 9.69. The van der Waals surface area contributed by atoms with Gasteiger partial charge < -0.3 is 9.84 Å². The molecule has 1 aliphatic heterocycles. The summed E-state index contributed by atoms with van der Waals surface area (Å²) in [5.74, 6) is -1.49. The maximum atomic E-state index is 11.9. The minimum Gasteiger partial charge on any atom is -0.491 e. The summed E-state index contributed by atoms with van der Waals surface area (Å²) in [5.41, 5.74) is -0.0179. The van der Waals surface area contributed by atoms with Crippen molar-refractivity contribution in [1.29, 1.82) is 0 Å². The van der Waals surface area contributed by atoms with Crippen LogP contribution in [0.5, 0.6) is 5.75 Å². The average molecular weight is 313 g/mol. The van der Waals surface area contributed by atoms with Crippen LogP contribution in [0, 0.1) is 0 Å². The van der Waals surface area contributed by atoms with E-state index in [-0.39, 0.29) is 24.5 Å². The van der Waals surface area contributed by atoms with Gasteiger partial charge in [0.25, 0.3) is 15.9 Å². The minimum atomic E-state index is -3.64. The molecule has 2 rings (SSSR count). The molecule has 0 radical (unpaired) electrons. The Balaban J connectivity index is 2.01. The second-order valence-electron chi connectivity index (χ2n) is 5.04. The van der Waals surface area contributed by atoms with Gasteiger partial charge in [-0.05, 0) is 26.0 Å². The van der Waals surface area contributed by atoms with Crippen molar-refractivity contribution < 1.29 is 27.9 Å². The molecule has 0 atom stereocenters. The number of carbonyl (C=O) groups is 2. The van der Waals surface area contributed by atoms with E-state index in [9.17, 15) is 18.0 Å². The lowest BCUT2D eigenvalue weighted by Crippen LogP contribution is -2.67. The highest BCUT2D eigenvalue weighted by Crippen LogP contribution is 2.34. The van der Waals surface area contributed by atoms with Crippen LogP contribution in [-0.2, 0) is 14.8 Å². The molecule has 0 aromatic heterocycles. The SMILES string of the molecule is CC1(C)C(=O)N(CCOc2ccccc2C(=O)O)S1(=O)=O. The van der Waals surface area contributed by atoms with Crippen LogP contribution in [0.15, 0.2) is 24.3 Å². The maximum Gasteiger partial charge on any atom is 0.339 e. The van der Waals surface area contributed by atoms with E-state index >= 15 is 0 Å². The zero-order chi connectivity index (χ0) is 15.8. The Kier molecular flexibility index (Phi) is 3.66. The lowest BCUT2D eigenvalue weighted by molar-refractivity contribution is -0.132. The van der Waals surface area contributed by atoms with E-state index in [1.807, 2.05) is 0 Å². The summed E-state index contributed by atoms with van der Waals surface area (Å²) in [5, 5.41) is 8.98. The number of carboxylic acids is 1. The Bertz CT molecular complexity index is 694. The van der Waals surface area contributed by atoms with Crippen molar-refractivity contribution >= 4 is 21.9 Å². The number of hydrogen-bond donors (Lipinski definition) is 1. The molecule has 21 heavy (non-hydrogen) atoms. The van der Waals surface area contributed by atoms with Gasteiger partial charge in [0.15, 0.2) is 4.75 Å². The van der Waals surface area contributed by atoms with E-state index in [2.05, 4.69) is 0 Å². The zero-order valence-corrected chi connectivity index (χ0v) is 12.4. The summed E-state index contributed by atoms with van der Waals surface area (Å²) in [6.07, 6.45) is 0. The number of sulfonamides is 1. The van der Waals surface area contributed by atoms with Crippen LogP contribution in [0.3, 0.4) is 0 Å². The Morgan fingerprint density at radius 3 is 2.52 bits per heavy atom. The van der Waals surface area contributed by atoms with Gasteiger partial charge in [0.2, 0.25) is 0 Å². The van der Waals surface area contributed by atoms with Crippen molar-refractivity contribution in [3.05, 3.63) is 29.8 Å². The highest BCUT2D eigenvalue weighted by atomic mass is 32.2. The van der Waals surface area contributed by atoms with E-state index in [1.165, 1.54) is 26.0 Å². The van der Waals surface area contributed by atoms with E-state index in [1.54, 1.807) is 12.1 Å². The summed E-state index contributed by atoms with van der Waals surface area (Å²) in [4.78, 5) is 22.7. The van der Waals surface area contributed by atoms with E-state index < -0.39 is 26.6 Å². The average Bonchev–Trinajstić information content (AvgIpc) is 2.42. The second-order valence-corrected chi connectivity index (χ2v) is 7.45. The zero-order valence-electron chi connectivity index (χ0n) is 11.6. The summed E-state index contributed by atoms with van der Waals surface area (Å²) in [6, 6.07) is 6.02. The third-order valence-corrected chi connectivity index (χ3v) is 5.74. The predicted octanol–water partition coefficient (Wildman–Crippen LogP) is 0.714. The fourth-order valence-electron chi connectivity index (χ4n) is 1.99. The standard InChI is InChI=1S/C13H15NO6S/c1-13(2)12(17)14(21(13,18)19)7-8-20-10-6-4-3-5-9(10)11(15)16/h3-6H,7-8H2,1-2H3,(H,15,16). The fraction of sp³-hybridized carbons (Fsp3) is 0.385. The van der Waals surface area contributed by atoms with Crippen LogP contribution in [0.1, 0.15) is 24.2 Å². The summed E-state index contributed by atoms with van der Waals surface area (Å²) >= 11 is 0. The highest BCUT2D eigenvalue weighted by molar-refractivity contribution is 7.94. The van der Waals surface area contributed by atoms with Crippen molar-refractivity contribution in [3.8, 4) is 5.75 Å². The quantitative estimate of drug-likeness (QED) is 0.859. The van der Waals surface area contributed by atoms with Gasteiger partial charge in [0.05, 0.1) is 6.54 Å². The van der Waals surface area contributed by atoms with E-state index in [0.29, 0.717) is 0 Å². The first-order valence-electron chi connectivity index (χ1n) is 6.21. The molecule has 1 aliphatic rings. The molecule has 1 heterocycles. The first kappa shape index (κ1) is 15.3. The van der Waals surface area contributed by atoms with Gasteiger partial charge in [-0.25, -0.2) is 17.5 Å². The molecule has 7 nitrogen and oxygen atoms in total. The van der Waals surface area contributed by atoms with Crippen LogP contribution >= 0.6 is 0 Å². The summed E-state index contributed by atoms with van der Waals surface area (Å²) in [6.45, 7) is 2.45. The largest absolute Gasteiger partial charge is 0.491 e. The maximum absolute atomic E-state index is 11.9. The molecule has 0 unspecified atom stereocenters. The van der Waals surface area contributed by atoms with Gasteiger partial charge >= 0.3 is 5.97 Å². The number of benzene rings is 1. The molecule has 1 amide bonds. The molecule has 8 heteroatoms. The van der Waals surface area contributed by atoms with Crippen LogP contribution < -0.4 is 4.74 Å². The van der Waals surface area contributed by atoms with E-state index in [4.69, 9.17) is 9.84 Å². The van der Waals surface area contributed by atoms with Gasteiger partial charge in [0.1, 0.15) is 17.9 Å². The van der Waals surface area contributed by atoms with Crippen molar-refractivity contribution in [2.45, 2.75) is 18.6 Å². The van der Waals surface area contributed by atoms with Gasteiger partial charge in [-0.2, -0.15) is 0 Å². The van der Waals surface area contributed by atoms with Gasteiger partial charge in [-0.15, -0.1) is 0 Å². The Morgan fingerprint density at radius 2 is 1.95 bits per heavy atom. The van der Waals surface area contributed by atoms with Gasteiger partial charge in [0, 0.05) is 0 Å². The number of hydrogen-bond acceptors (Lipinski definition) is 5. The molecule has 0 bridgehead atoms. The molecule has 0 aliphatic carbocycles. The topological polar surface area (TPSA) is 101 Å². The number of para-hydroxylation sites is 1. The number of amides is 1. The smallest absolute Gasteiger partial charge is 0.339 e. The third-order valence-electron chi connectivity index (χ3n) is 3.35. The Morgan fingerprint density at radius 1 is 1.33 bits per heavy atom. The van der Waals surface area contributed by atoms with Gasteiger partial charge in [-0.1, -0.05) is 12.1 Å². The number of nitrogens with zero attached hydrogens (tertiary/aromatic N) is 1. The number of carboxylic acid groups (broad SMARTS) is 1. The lowest BCUT2D eigenvalue weighted by Gasteiger charge is -2.42. The fourth-order valence-corrected chi connectivity index (χ4v) is 3.50. The van der Waals surface area contributed by atoms with Crippen LogP contribution in [0.4, 0.5) is 0 Å². The number of aromatic carboxylic acids is 1. The number of ether oxygens (including phenoxy) is 1. The van der Waals surface area contributed by atoms with Crippen LogP contribution in [0.25, 0.3) is 0 Å². The molecular weight excluding hydrogens is 298 g/mol. The molecular formula is C13H15NO6S. The molecule has 0 saturated carbocycles. The van der Waals surface area contributed by atoms with Crippen LogP contribution in [-0.4, -0.2) is 47.6 Å². The molecule has 1 N–H and O–H groups in total. The highest BCUT2D eigenvalue weighted by Gasteiger charge is 2.59.